The Kier molecular flexibility index (Phi) is 7.87. The second kappa shape index (κ2) is 11.8. The molecule has 5 aromatic rings. The molecule has 9 nitrogen and oxygen atoms in total. The number of pyridine rings is 2. The van der Waals surface area contributed by atoms with E-state index < -0.39 is 23.6 Å². The molecule has 2 aromatic carbocycles. The van der Waals surface area contributed by atoms with Gasteiger partial charge in [0.1, 0.15) is 23.0 Å². The Bertz CT molecular complexity index is 1750. The second-order valence-electron chi connectivity index (χ2n) is 9.09. The highest BCUT2D eigenvalue weighted by Gasteiger charge is 2.35. The van der Waals surface area contributed by atoms with Crippen molar-refractivity contribution < 1.29 is 27.2 Å². The SMILES string of the molecule is Nc1ccc(C=CC(=O)NCc2cc3cc(-c4ccc(C(=O)NNc5ccccn5)cc4)cc(C(F)(F)F)c3o2)cn1. The van der Waals surface area contributed by atoms with E-state index in [0.29, 0.717) is 28.3 Å². The Hall–Kier alpha value is -5.65. The van der Waals surface area contributed by atoms with Gasteiger partial charge in [-0.1, -0.05) is 18.2 Å². The summed E-state index contributed by atoms with van der Waals surface area (Å²) >= 11 is 0. The van der Waals surface area contributed by atoms with Gasteiger partial charge in [-0.3, -0.25) is 20.4 Å². The number of aromatic nitrogens is 2. The van der Waals surface area contributed by atoms with E-state index in [-0.39, 0.29) is 28.8 Å². The predicted octanol–water partition coefficient (Wildman–Crippen LogP) is 5.58. The Labute approximate surface area is 237 Å². The highest BCUT2D eigenvalue weighted by molar-refractivity contribution is 5.95. The summed E-state index contributed by atoms with van der Waals surface area (Å²) in [6.07, 6.45) is 1.17. The third-order valence-electron chi connectivity index (χ3n) is 6.10. The number of hydrogen-bond donors (Lipinski definition) is 4. The van der Waals surface area contributed by atoms with Gasteiger partial charge in [-0.2, -0.15) is 13.2 Å². The van der Waals surface area contributed by atoms with Crippen LogP contribution in [0.5, 0.6) is 0 Å². The topological polar surface area (TPSA) is 135 Å². The van der Waals surface area contributed by atoms with Crippen molar-refractivity contribution in [3.8, 4) is 11.1 Å². The minimum absolute atomic E-state index is 0.124. The molecule has 0 unspecified atom stereocenters. The average Bonchev–Trinajstić information content (AvgIpc) is 3.41. The molecule has 0 aliphatic carbocycles. The average molecular weight is 573 g/mol. The fourth-order valence-corrected chi connectivity index (χ4v) is 4.03. The molecule has 0 atom stereocenters. The normalized spacial score (nSPS) is 11.5. The molecule has 0 bridgehead atoms. The van der Waals surface area contributed by atoms with Crippen LogP contribution in [0, 0.1) is 0 Å². The smallest absolute Gasteiger partial charge is 0.420 e. The summed E-state index contributed by atoms with van der Waals surface area (Å²) in [5, 5.41) is 2.81. The van der Waals surface area contributed by atoms with Crippen molar-refractivity contribution in [3.05, 3.63) is 114 Å². The maximum absolute atomic E-state index is 14.0. The van der Waals surface area contributed by atoms with Gasteiger partial charge in [-0.05, 0) is 77.4 Å². The molecule has 5 rings (SSSR count). The molecule has 212 valence electrons. The molecule has 42 heavy (non-hydrogen) atoms. The van der Waals surface area contributed by atoms with E-state index >= 15 is 0 Å². The number of rotatable bonds is 8. The Morgan fingerprint density at radius 1 is 0.952 bits per heavy atom. The third-order valence-corrected chi connectivity index (χ3v) is 6.10. The molecule has 3 aromatic heterocycles. The summed E-state index contributed by atoms with van der Waals surface area (Å²) in [6, 6.07) is 18.6. The lowest BCUT2D eigenvalue weighted by Crippen LogP contribution is -2.29. The number of alkyl halides is 3. The number of fused-ring (bicyclic) bond motifs is 1. The summed E-state index contributed by atoms with van der Waals surface area (Å²) in [4.78, 5) is 32.7. The van der Waals surface area contributed by atoms with E-state index in [4.69, 9.17) is 10.2 Å². The lowest BCUT2D eigenvalue weighted by atomic mass is 9.99. The summed E-state index contributed by atoms with van der Waals surface area (Å²) in [5.41, 5.74) is 11.1. The van der Waals surface area contributed by atoms with Gasteiger partial charge in [0.05, 0.1) is 12.1 Å². The number of nitrogens with two attached hydrogens (primary N) is 1. The first-order valence-electron chi connectivity index (χ1n) is 12.5. The van der Waals surface area contributed by atoms with Crippen LogP contribution in [-0.2, 0) is 17.5 Å². The molecule has 3 heterocycles. The van der Waals surface area contributed by atoms with Gasteiger partial charge >= 0.3 is 6.18 Å². The van der Waals surface area contributed by atoms with Crippen LogP contribution in [0.2, 0.25) is 0 Å². The standard InChI is InChI=1S/C30H23F3N6O3/c31-30(32,33)24-15-21(19-6-8-20(9-7-19)29(41)39-38-26-3-1-2-12-35-26)13-22-14-23(42-28(22)24)17-37-27(40)11-5-18-4-10-25(34)36-16-18/h1-16H,17H2,(H2,34,36)(H,35,38)(H,37,40)(H,39,41). The van der Waals surface area contributed by atoms with E-state index in [0.717, 1.165) is 6.07 Å². The lowest BCUT2D eigenvalue weighted by molar-refractivity contribution is -0.136. The van der Waals surface area contributed by atoms with Crippen LogP contribution in [-0.4, -0.2) is 21.8 Å². The van der Waals surface area contributed by atoms with Crippen molar-refractivity contribution in [2.24, 2.45) is 0 Å². The van der Waals surface area contributed by atoms with Gasteiger partial charge in [0.15, 0.2) is 0 Å². The molecule has 0 fully saturated rings. The molecular weight excluding hydrogens is 549 g/mol. The van der Waals surface area contributed by atoms with Gasteiger partial charge in [0.2, 0.25) is 5.91 Å². The highest BCUT2D eigenvalue weighted by atomic mass is 19.4. The molecule has 0 saturated heterocycles. The van der Waals surface area contributed by atoms with Gasteiger partial charge in [-0.25, -0.2) is 9.97 Å². The Morgan fingerprint density at radius 3 is 2.45 bits per heavy atom. The number of carbonyl (C=O) groups is 2. The van der Waals surface area contributed by atoms with Crippen molar-refractivity contribution in [3.63, 3.8) is 0 Å². The summed E-state index contributed by atoms with van der Waals surface area (Å²) < 4.78 is 47.5. The molecule has 0 radical (unpaired) electrons. The molecule has 2 amide bonds. The zero-order valence-corrected chi connectivity index (χ0v) is 21.8. The largest absolute Gasteiger partial charge is 0.459 e. The van der Waals surface area contributed by atoms with Crippen LogP contribution < -0.4 is 21.9 Å². The fraction of sp³-hybridized carbons (Fsp3) is 0.0667. The molecule has 0 aliphatic rings. The first kappa shape index (κ1) is 27.9. The van der Waals surface area contributed by atoms with Crippen LogP contribution in [0.4, 0.5) is 24.8 Å². The minimum atomic E-state index is -4.69. The number of carbonyl (C=O) groups excluding carboxylic acids is 2. The van der Waals surface area contributed by atoms with Crippen LogP contribution in [0.25, 0.3) is 28.2 Å². The van der Waals surface area contributed by atoms with Crippen molar-refractivity contribution >= 4 is 40.5 Å². The molecule has 0 spiro atoms. The molecule has 12 heteroatoms. The zero-order chi connectivity index (χ0) is 29.7. The van der Waals surface area contributed by atoms with Crippen LogP contribution in [0.15, 0.2) is 95.7 Å². The first-order chi connectivity index (χ1) is 20.2. The quantitative estimate of drug-likeness (QED) is 0.141. The number of nitrogens with one attached hydrogen (secondary N) is 3. The number of nitrogen functional groups attached to an aromatic ring is 1. The van der Waals surface area contributed by atoms with E-state index in [1.165, 1.54) is 36.5 Å². The van der Waals surface area contributed by atoms with E-state index in [1.54, 1.807) is 54.7 Å². The van der Waals surface area contributed by atoms with Crippen LogP contribution in [0.1, 0.15) is 27.2 Å². The number of nitrogens with zero attached hydrogens (tertiary/aromatic N) is 2. The number of hydrogen-bond acceptors (Lipinski definition) is 7. The Morgan fingerprint density at radius 2 is 1.76 bits per heavy atom. The molecular formula is C30H23F3N6O3. The number of hydrazine groups is 1. The minimum Gasteiger partial charge on any atom is -0.459 e. The number of amides is 2. The fourth-order valence-electron chi connectivity index (χ4n) is 4.03. The number of anilines is 2. The lowest BCUT2D eigenvalue weighted by Gasteiger charge is -2.11. The molecule has 0 saturated carbocycles. The van der Waals surface area contributed by atoms with E-state index in [2.05, 4.69) is 26.1 Å². The molecule has 0 aliphatic heterocycles. The first-order valence-corrected chi connectivity index (χ1v) is 12.5. The van der Waals surface area contributed by atoms with E-state index in [1.807, 2.05) is 0 Å². The van der Waals surface area contributed by atoms with E-state index in [9.17, 15) is 22.8 Å². The maximum atomic E-state index is 14.0. The summed E-state index contributed by atoms with van der Waals surface area (Å²) in [6.45, 7) is -0.124. The van der Waals surface area contributed by atoms with Crippen molar-refractivity contribution in [2.45, 2.75) is 12.7 Å². The summed E-state index contributed by atoms with van der Waals surface area (Å²) in [5.74, 6) is 0.0264. The monoisotopic (exact) mass is 572 g/mol. The number of benzene rings is 2. The number of furan rings is 1. The third kappa shape index (κ3) is 6.73. The van der Waals surface area contributed by atoms with Crippen molar-refractivity contribution in [1.82, 2.24) is 20.7 Å². The van der Waals surface area contributed by atoms with Crippen molar-refractivity contribution in [2.75, 3.05) is 11.2 Å². The molecule has 5 N–H and O–H groups in total. The number of halogens is 3. The summed E-state index contributed by atoms with van der Waals surface area (Å²) in [7, 11) is 0. The van der Waals surface area contributed by atoms with Gasteiger partial charge in [-0.15, -0.1) is 0 Å². The van der Waals surface area contributed by atoms with Gasteiger partial charge in [0.25, 0.3) is 5.91 Å². The van der Waals surface area contributed by atoms with Gasteiger partial charge < -0.3 is 15.5 Å². The Balaban J connectivity index is 1.31. The highest BCUT2D eigenvalue weighted by Crippen LogP contribution is 2.39. The maximum Gasteiger partial charge on any atom is 0.420 e. The van der Waals surface area contributed by atoms with Gasteiger partial charge in [0, 0.05) is 29.4 Å². The van der Waals surface area contributed by atoms with Crippen LogP contribution in [0.3, 0.4) is 0 Å². The van der Waals surface area contributed by atoms with Crippen molar-refractivity contribution in [1.29, 1.82) is 0 Å². The second-order valence-corrected chi connectivity index (χ2v) is 9.09. The zero-order valence-electron chi connectivity index (χ0n) is 21.8. The predicted molar refractivity (Wildman–Crippen MR) is 152 cm³/mol. The van der Waals surface area contributed by atoms with Crippen LogP contribution >= 0.6 is 0 Å².